The summed E-state index contributed by atoms with van der Waals surface area (Å²) in [5.41, 5.74) is 1.59. The second-order valence-electron chi connectivity index (χ2n) is 9.78. The Morgan fingerprint density at radius 3 is 2.23 bits per heavy atom. The van der Waals surface area contributed by atoms with Crippen molar-refractivity contribution in [2.24, 2.45) is 0 Å². The van der Waals surface area contributed by atoms with Gasteiger partial charge in [-0.2, -0.15) is 0 Å². The SMILES string of the molecule is CCCCCCCCCCCC(=O)c1c(OC(=O)O)n(CCOc2cccc(CC(=O)O)c2)c2ccccc12. The summed E-state index contributed by atoms with van der Waals surface area (Å²) in [6.45, 7) is 2.61. The van der Waals surface area contributed by atoms with Gasteiger partial charge in [0.25, 0.3) is 0 Å². The number of unbranched alkanes of at least 4 members (excludes halogenated alkanes) is 8. The smallest absolute Gasteiger partial charge is 0.492 e. The fraction of sp³-hybridized carbons (Fsp3) is 0.452. The van der Waals surface area contributed by atoms with Gasteiger partial charge in [0, 0.05) is 11.8 Å². The average Bonchev–Trinajstić information content (AvgIpc) is 3.20. The first kappa shape index (κ1) is 29.7. The molecule has 0 spiro atoms. The van der Waals surface area contributed by atoms with Crippen molar-refractivity contribution in [3.05, 3.63) is 59.7 Å². The van der Waals surface area contributed by atoms with E-state index in [1.165, 1.54) is 38.5 Å². The van der Waals surface area contributed by atoms with Gasteiger partial charge < -0.3 is 24.3 Å². The number of fused-ring (bicyclic) bond motifs is 1. The molecule has 8 heteroatoms. The molecule has 0 aliphatic rings. The summed E-state index contributed by atoms with van der Waals surface area (Å²) in [4.78, 5) is 35.9. The zero-order chi connectivity index (χ0) is 28.0. The average molecular weight is 538 g/mol. The van der Waals surface area contributed by atoms with E-state index in [2.05, 4.69) is 6.92 Å². The van der Waals surface area contributed by atoms with Gasteiger partial charge in [0.2, 0.25) is 5.88 Å². The predicted molar refractivity (Wildman–Crippen MR) is 150 cm³/mol. The molecule has 39 heavy (non-hydrogen) atoms. The van der Waals surface area contributed by atoms with Crippen LogP contribution in [-0.2, 0) is 17.8 Å². The lowest BCUT2D eigenvalue weighted by Crippen LogP contribution is -2.14. The number of hydrogen-bond acceptors (Lipinski definition) is 5. The molecule has 0 saturated carbocycles. The molecule has 0 amide bonds. The number of aromatic nitrogens is 1. The maximum Gasteiger partial charge on any atom is 0.512 e. The fourth-order valence-corrected chi connectivity index (χ4v) is 4.86. The molecular formula is C31H39NO7. The van der Waals surface area contributed by atoms with E-state index in [4.69, 9.17) is 14.6 Å². The monoisotopic (exact) mass is 537 g/mol. The Hall–Kier alpha value is -3.81. The van der Waals surface area contributed by atoms with Crippen molar-refractivity contribution in [3.8, 4) is 11.6 Å². The highest BCUT2D eigenvalue weighted by Crippen LogP contribution is 2.34. The molecular weight excluding hydrogens is 498 g/mol. The highest BCUT2D eigenvalue weighted by atomic mass is 16.7. The van der Waals surface area contributed by atoms with Crippen LogP contribution in [0.4, 0.5) is 4.79 Å². The van der Waals surface area contributed by atoms with E-state index in [-0.39, 0.29) is 36.8 Å². The van der Waals surface area contributed by atoms with Crippen LogP contribution in [0.2, 0.25) is 0 Å². The third kappa shape index (κ3) is 9.16. The van der Waals surface area contributed by atoms with Gasteiger partial charge in [0.05, 0.1) is 24.0 Å². The van der Waals surface area contributed by atoms with Crippen LogP contribution in [-0.4, -0.2) is 39.3 Å². The molecule has 0 saturated heterocycles. The summed E-state index contributed by atoms with van der Waals surface area (Å²) in [6.07, 6.45) is 8.99. The third-order valence-corrected chi connectivity index (χ3v) is 6.73. The first-order valence-corrected chi connectivity index (χ1v) is 13.9. The normalized spacial score (nSPS) is 11.0. The largest absolute Gasteiger partial charge is 0.512 e. The third-order valence-electron chi connectivity index (χ3n) is 6.73. The number of carboxylic acid groups (broad SMARTS) is 2. The zero-order valence-corrected chi connectivity index (χ0v) is 22.7. The maximum atomic E-state index is 13.3. The van der Waals surface area contributed by atoms with Crippen LogP contribution >= 0.6 is 0 Å². The number of para-hydroxylation sites is 1. The number of ketones is 1. The second-order valence-corrected chi connectivity index (χ2v) is 9.78. The van der Waals surface area contributed by atoms with Crippen molar-refractivity contribution in [1.29, 1.82) is 0 Å². The summed E-state index contributed by atoms with van der Waals surface area (Å²) in [5, 5.41) is 19.1. The maximum absolute atomic E-state index is 13.3. The summed E-state index contributed by atoms with van der Waals surface area (Å²) >= 11 is 0. The van der Waals surface area contributed by atoms with E-state index in [0.29, 0.717) is 28.6 Å². The molecule has 2 N–H and O–H groups in total. The van der Waals surface area contributed by atoms with Crippen LogP contribution in [0.25, 0.3) is 10.9 Å². The van der Waals surface area contributed by atoms with Gasteiger partial charge >= 0.3 is 12.1 Å². The molecule has 1 aromatic heterocycles. The minimum absolute atomic E-state index is 0.00727. The highest BCUT2D eigenvalue weighted by Gasteiger charge is 2.25. The van der Waals surface area contributed by atoms with Crippen LogP contribution in [0.3, 0.4) is 0 Å². The van der Waals surface area contributed by atoms with E-state index in [0.717, 1.165) is 19.3 Å². The minimum Gasteiger partial charge on any atom is -0.492 e. The first-order valence-electron chi connectivity index (χ1n) is 13.9. The summed E-state index contributed by atoms with van der Waals surface area (Å²) in [6, 6.07) is 14.1. The van der Waals surface area contributed by atoms with Crippen LogP contribution < -0.4 is 9.47 Å². The lowest BCUT2D eigenvalue weighted by molar-refractivity contribution is -0.136. The van der Waals surface area contributed by atoms with E-state index in [1.54, 1.807) is 34.9 Å². The van der Waals surface area contributed by atoms with Crippen molar-refractivity contribution >= 4 is 28.8 Å². The lowest BCUT2D eigenvalue weighted by atomic mass is 10.0. The molecule has 2 aromatic carbocycles. The summed E-state index contributed by atoms with van der Waals surface area (Å²) in [5.74, 6) is -0.548. The Bertz CT molecular complexity index is 1250. The number of rotatable bonds is 18. The molecule has 0 radical (unpaired) electrons. The van der Waals surface area contributed by atoms with Gasteiger partial charge in [-0.1, -0.05) is 88.6 Å². The van der Waals surface area contributed by atoms with Gasteiger partial charge in [-0.3, -0.25) is 9.59 Å². The molecule has 0 atom stereocenters. The second kappa shape index (κ2) is 15.6. The topological polar surface area (TPSA) is 115 Å². The molecule has 8 nitrogen and oxygen atoms in total. The number of hydrogen-bond donors (Lipinski definition) is 2. The Morgan fingerprint density at radius 1 is 0.846 bits per heavy atom. The molecule has 0 aliphatic heterocycles. The van der Waals surface area contributed by atoms with Crippen LogP contribution in [0, 0.1) is 0 Å². The zero-order valence-electron chi connectivity index (χ0n) is 22.7. The van der Waals surface area contributed by atoms with Crippen molar-refractivity contribution < 1.29 is 34.1 Å². The van der Waals surface area contributed by atoms with E-state index < -0.39 is 12.1 Å². The Labute approximate surface area is 229 Å². The van der Waals surface area contributed by atoms with Crippen LogP contribution in [0.5, 0.6) is 11.6 Å². The molecule has 0 fully saturated rings. The molecule has 3 aromatic rings. The van der Waals surface area contributed by atoms with Crippen LogP contribution in [0.1, 0.15) is 87.1 Å². The molecule has 0 unspecified atom stereocenters. The number of Topliss-reactive ketones (excluding diaryl/α,β-unsaturated/α-hetero) is 1. The molecule has 0 aliphatic carbocycles. The molecule has 1 heterocycles. The van der Waals surface area contributed by atoms with Gasteiger partial charge in [0.1, 0.15) is 12.4 Å². The number of ether oxygens (including phenoxy) is 2. The van der Waals surface area contributed by atoms with Crippen molar-refractivity contribution in [2.45, 2.75) is 84.1 Å². The molecule has 0 bridgehead atoms. The number of benzene rings is 2. The van der Waals surface area contributed by atoms with E-state index in [9.17, 15) is 19.5 Å². The van der Waals surface area contributed by atoms with Gasteiger partial charge in [0.15, 0.2) is 5.78 Å². The van der Waals surface area contributed by atoms with Crippen molar-refractivity contribution in [1.82, 2.24) is 4.57 Å². The Morgan fingerprint density at radius 2 is 1.54 bits per heavy atom. The van der Waals surface area contributed by atoms with Crippen molar-refractivity contribution in [3.63, 3.8) is 0 Å². The van der Waals surface area contributed by atoms with Gasteiger partial charge in [-0.25, -0.2) is 4.79 Å². The van der Waals surface area contributed by atoms with Gasteiger partial charge in [-0.15, -0.1) is 0 Å². The highest BCUT2D eigenvalue weighted by molar-refractivity contribution is 6.11. The summed E-state index contributed by atoms with van der Waals surface area (Å²) < 4.78 is 12.7. The first-order chi connectivity index (χ1) is 18.9. The number of carbonyl (C=O) groups is 3. The lowest BCUT2D eigenvalue weighted by Gasteiger charge is -2.12. The van der Waals surface area contributed by atoms with Crippen molar-refractivity contribution in [2.75, 3.05) is 6.61 Å². The standard InChI is InChI=1S/C31H39NO7/c1-2-3-4-5-6-7-8-9-10-18-27(33)29-25-16-11-12-17-26(25)32(30(29)39-31(36)37)19-20-38-24-15-13-14-23(21-24)22-28(34)35/h11-17,21H,2-10,18-20,22H2,1H3,(H,34,35)(H,36,37). The summed E-state index contributed by atoms with van der Waals surface area (Å²) in [7, 11) is 0. The minimum atomic E-state index is -1.49. The Balaban J connectivity index is 1.69. The quantitative estimate of drug-likeness (QED) is 0.0980. The number of aliphatic carboxylic acids is 1. The Kier molecular flexibility index (Phi) is 11.9. The molecule has 210 valence electrons. The predicted octanol–water partition coefficient (Wildman–Crippen LogP) is 7.51. The number of carboxylic acids is 1. The van der Waals surface area contributed by atoms with E-state index in [1.807, 2.05) is 18.2 Å². The van der Waals surface area contributed by atoms with E-state index >= 15 is 0 Å². The fourth-order valence-electron chi connectivity index (χ4n) is 4.86. The van der Waals surface area contributed by atoms with Gasteiger partial charge in [-0.05, 0) is 30.2 Å². The van der Waals surface area contributed by atoms with Crippen LogP contribution in [0.15, 0.2) is 48.5 Å². The number of carbonyl (C=O) groups excluding carboxylic acids is 1. The molecule has 3 rings (SSSR count). The number of nitrogens with zero attached hydrogens (tertiary/aromatic N) is 1.